The van der Waals surface area contributed by atoms with Crippen molar-refractivity contribution in [2.24, 2.45) is 0 Å². The van der Waals surface area contributed by atoms with Crippen molar-refractivity contribution in [1.29, 1.82) is 0 Å². The molecule has 0 bridgehead atoms. The Morgan fingerprint density at radius 3 is 2.55 bits per heavy atom. The number of carboxylic acids is 1. The summed E-state index contributed by atoms with van der Waals surface area (Å²) in [6.07, 6.45) is 6.17. The zero-order valence-electron chi connectivity index (χ0n) is 11.5. The Morgan fingerprint density at radius 2 is 1.90 bits per heavy atom. The van der Waals surface area contributed by atoms with Gasteiger partial charge in [-0.25, -0.2) is 9.78 Å². The summed E-state index contributed by atoms with van der Waals surface area (Å²) in [7, 11) is 0. The standard InChI is InChI=1S/C16H18N2O2/c1-16(8-4-5-9-16)18-14-12-7-3-2-6-11(12)13(10-17-14)15(19)20/h2-3,6-7,10H,4-5,8-9H2,1H3,(H,17,18)(H,19,20). The van der Waals surface area contributed by atoms with Crippen molar-refractivity contribution >= 4 is 22.6 Å². The highest BCUT2D eigenvalue weighted by Crippen LogP contribution is 2.34. The molecule has 1 fully saturated rings. The molecule has 1 aromatic carbocycles. The number of nitrogens with zero attached hydrogens (tertiary/aromatic N) is 1. The van der Waals surface area contributed by atoms with Crippen molar-refractivity contribution in [1.82, 2.24) is 4.98 Å². The van der Waals surface area contributed by atoms with E-state index in [0.29, 0.717) is 0 Å². The van der Waals surface area contributed by atoms with Gasteiger partial charge in [0.2, 0.25) is 0 Å². The first kappa shape index (κ1) is 12.9. The van der Waals surface area contributed by atoms with E-state index in [1.807, 2.05) is 24.3 Å². The molecule has 3 rings (SSSR count). The van der Waals surface area contributed by atoms with E-state index < -0.39 is 5.97 Å². The molecule has 4 heteroatoms. The summed E-state index contributed by atoms with van der Waals surface area (Å²) >= 11 is 0. The van der Waals surface area contributed by atoms with E-state index in [4.69, 9.17) is 0 Å². The van der Waals surface area contributed by atoms with Crippen molar-refractivity contribution in [3.05, 3.63) is 36.0 Å². The summed E-state index contributed by atoms with van der Waals surface area (Å²) in [4.78, 5) is 15.6. The third kappa shape index (κ3) is 2.22. The van der Waals surface area contributed by atoms with Crippen LogP contribution in [0, 0.1) is 0 Å². The molecule has 0 spiro atoms. The Morgan fingerprint density at radius 1 is 1.25 bits per heavy atom. The maximum absolute atomic E-state index is 11.3. The monoisotopic (exact) mass is 270 g/mol. The van der Waals surface area contributed by atoms with Crippen molar-refractivity contribution in [3.63, 3.8) is 0 Å². The predicted octanol–water partition coefficient (Wildman–Crippen LogP) is 3.68. The number of carboxylic acid groups (broad SMARTS) is 1. The van der Waals surface area contributed by atoms with Gasteiger partial charge in [-0.1, -0.05) is 37.1 Å². The first-order valence-corrected chi connectivity index (χ1v) is 6.98. The molecule has 104 valence electrons. The van der Waals surface area contributed by atoms with Gasteiger partial charge in [0.25, 0.3) is 0 Å². The molecular formula is C16H18N2O2. The summed E-state index contributed by atoms with van der Waals surface area (Å²) in [5.74, 6) is -0.151. The highest BCUT2D eigenvalue weighted by molar-refractivity contribution is 6.06. The van der Waals surface area contributed by atoms with Crippen LogP contribution in [0.4, 0.5) is 5.82 Å². The quantitative estimate of drug-likeness (QED) is 0.893. The lowest BCUT2D eigenvalue weighted by Crippen LogP contribution is -2.31. The molecule has 1 aliphatic rings. The highest BCUT2D eigenvalue weighted by Gasteiger charge is 2.29. The van der Waals surface area contributed by atoms with Crippen molar-refractivity contribution in [2.45, 2.75) is 38.1 Å². The van der Waals surface area contributed by atoms with Crippen molar-refractivity contribution in [2.75, 3.05) is 5.32 Å². The molecule has 0 saturated heterocycles. The fraction of sp³-hybridized carbons (Fsp3) is 0.375. The second-order valence-corrected chi connectivity index (χ2v) is 5.76. The summed E-state index contributed by atoms with van der Waals surface area (Å²) in [6, 6.07) is 7.53. The number of aromatic carboxylic acids is 1. The minimum absolute atomic E-state index is 0.0700. The van der Waals surface area contributed by atoms with Gasteiger partial charge in [-0.3, -0.25) is 0 Å². The molecule has 0 radical (unpaired) electrons. The molecule has 2 aromatic rings. The molecule has 2 N–H and O–H groups in total. The molecular weight excluding hydrogens is 252 g/mol. The minimum atomic E-state index is -0.938. The molecule has 1 aromatic heterocycles. The van der Waals surface area contributed by atoms with Gasteiger partial charge in [0.1, 0.15) is 5.82 Å². The summed E-state index contributed by atoms with van der Waals surface area (Å²) in [5.41, 5.74) is 0.322. The molecule has 4 nitrogen and oxygen atoms in total. The topological polar surface area (TPSA) is 62.2 Å². The predicted molar refractivity (Wildman–Crippen MR) is 79.2 cm³/mol. The van der Waals surface area contributed by atoms with E-state index >= 15 is 0 Å². The Bertz CT molecular complexity index is 661. The number of fused-ring (bicyclic) bond motifs is 1. The van der Waals surface area contributed by atoms with Crippen LogP contribution >= 0.6 is 0 Å². The SMILES string of the molecule is CC1(Nc2ncc(C(=O)O)c3ccccc23)CCCC1. The number of pyridine rings is 1. The van der Waals surface area contributed by atoms with Crippen LogP contribution in [0.25, 0.3) is 10.8 Å². The second kappa shape index (κ2) is 4.78. The number of hydrogen-bond donors (Lipinski definition) is 2. The van der Waals surface area contributed by atoms with Gasteiger partial charge in [-0.15, -0.1) is 0 Å². The Kier molecular flexibility index (Phi) is 3.08. The van der Waals surface area contributed by atoms with Crippen LogP contribution in [0.2, 0.25) is 0 Å². The largest absolute Gasteiger partial charge is 0.478 e. The number of rotatable bonds is 3. The third-order valence-electron chi connectivity index (χ3n) is 4.15. The molecule has 0 amide bonds. The van der Waals surface area contributed by atoms with Crippen LogP contribution in [-0.4, -0.2) is 21.6 Å². The third-order valence-corrected chi connectivity index (χ3v) is 4.15. The van der Waals surface area contributed by atoms with E-state index in [-0.39, 0.29) is 11.1 Å². The normalized spacial score (nSPS) is 17.2. The molecule has 1 aliphatic carbocycles. The number of benzene rings is 1. The lowest BCUT2D eigenvalue weighted by Gasteiger charge is -2.26. The fourth-order valence-electron chi connectivity index (χ4n) is 3.03. The van der Waals surface area contributed by atoms with Crippen LogP contribution < -0.4 is 5.32 Å². The van der Waals surface area contributed by atoms with Gasteiger partial charge in [-0.2, -0.15) is 0 Å². The zero-order valence-corrected chi connectivity index (χ0v) is 11.5. The number of nitrogens with one attached hydrogen (secondary N) is 1. The molecule has 1 saturated carbocycles. The van der Waals surface area contributed by atoms with Crippen molar-refractivity contribution in [3.8, 4) is 0 Å². The maximum Gasteiger partial charge on any atom is 0.337 e. The minimum Gasteiger partial charge on any atom is -0.478 e. The Labute approximate surface area is 117 Å². The number of aromatic nitrogens is 1. The summed E-state index contributed by atoms with van der Waals surface area (Å²) in [6.45, 7) is 2.21. The van der Waals surface area contributed by atoms with Crippen LogP contribution in [0.5, 0.6) is 0 Å². The Hall–Kier alpha value is -2.10. The average molecular weight is 270 g/mol. The van der Waals surface area contributed by atoms with Crippen LogP contribution in [-0.2, 0) is 0 Å². The van der Waals surface area contributed by atoms with Gasteiger partial charge in [0, 0.05) is 22.5 Å². The highest BCUT2D eigenvalue weighted by atomic mass is 16.4. The fourth-order valence-corrected chi connectivity index (χ4v) is 3.03. The lowest BCUT2D eigenvalue weighted by molar-refractivity contribution is 0.0698. The smallest absolute Gasteiger partial charge is 0.337 e. The van der Waals surface area contributed by atoms with Crippen LogP contribution in [0.1, 0.15) is 43.0 Å². The Balaban J connectivity index is 2.08. The lowest BCUT2D eigenvalue weighted by atomic mass is 9.99. The summed E-state index contributed by atoms with van der Waals surface area (Å²) < 4.78 is 0. The van der Waals surface area contributed by atoms with Gasteiger partial charge < -0.3 is 10.4 Å². The number of carbonyl (C=O) groups is 1. The zero-order chi connectivity index (χ0) is 14.2. The first-order valence-electron chi connectivity index (χ1n) is 6.98. The van der Waals surface area contributed by atoms with E-state index in [1.165, 1.54) is 19.0 Å². The van der Waals surface area contributed by atoms with E-state index in [0.717, 1.165) is 29.4 Å². The second-order valence-electron chi connectivity index (χ2n) is 5.76. The van der Waals surface area contributed by atoms with E-state index in [9.17, 15) is 9.90 Å². The van der Waals surface area contributed by atoms with Crippen LogP contribution in [0.3, 0.4) is 0 Å². The van der Waals surface area contributed by atoms with Gasteiger partial charge in [0.15, 0.2) is 0 Å². The molecule has 0 aliphatic heterocycles. The molecule has 0 unspecified atom stereocenters. The van der Waals surface area contributed by atoms with Crippen molar-refractivity contribution < 1.29 is 9.90 Å². The number of hydrogen-bond acceptors (Lipinski definition) is 3. The van der Waals surface area contributed by atoms with Gasteiger partial charge >= 0.3 is 5.97 Å². The maximum atomic E-state index is 11.3. The summed E-state index contributed by atoms with van der Waals surface area (Å²) in [5, 5.41) is 14.4. The van der Waals surface area contributed by atoms with Gasteiger partial charge in [-0.05, 0) is 19.8 Å². The number of anilines is 1. The molecule has 1 heterocycles. The van der Waals surface area contributed by atoms with Crippen LogP contribution in [0.15, 0.2) is 30.5 Å². The van der Waals surface area contributed by atoms with Gasteiger partial charge in [0.05, 0.1) is 5.56 Å². The molecule has 20 heavy (non-hydrogen) atoms. The van der Waals surface area contributed by atoms with E-state index in [1.54, 1.807) is 0 Å². The molecule has 0 atom stereocenters. The average Bonchev–Trinajstić information content (AvgIpc) is 2.85. The van der Waals surface area contributed by atoms with E-state index in [2.05, 4.69) is 17.2 Å². The first-order chi connectivity index (χ1) is 9.59.